The van der Waals surface area contributed by atoms with E-state index in [1.807, 2.05) is 0 Å². The molecular weight excluding hydrogens is 308 g/mol. The molecule has 2 N–H and O–H groups in total. The van der Waals surface area contributed by atoms with Gasteiger partial charge in [0.15, 0.2) is 0 Å². The first kappa shape index (κ1) is 13.9. The summed E-state index contributed by atoms with van der Waals surface area (Å²) in [4.78, 5) is 7.03. The van der Waals surface area contributed by atoms with Gasteiger partial charge in [-0.15, -0.1) is 0 Å². The molecule has 0 amide bonds. The molecule has 0 radical (unpaired) electrons. The Balaban J connectivity index is 1.65. The van der Waals surface area contributed by atoms with Crippen LogP contribution < -0.4 is 0 Å². The van der Waals surface area contributed by atoms with Gasteiger partial charge in [0.25, 0.3) is 0 Å². The molecule has 0 aliphatic carbocycles. The molecule has 110 valence electrons. The van der Waals surface area contributed by atoms with Crippen LogP contribution >= 0.6 is 21.6 Å². The van der Waals surface area contributed by atoms with Crippen molar-refractivity contribution in [3.63, 3.8) is 0 Å². The van der Waals surface area contributed by atoms with Crippen molar-refractivity contribution in [2.75, 3.05) is 0 Å². The van der Waals surface area contributed by atoms with Gasteiger partial charge in [-0.05, 0) is 58.7 Å². The number of rotatable bonds is 3. The Bertz CT molecular complexity index is 886. The van der Waals surface area contributed by atoms with E-state index in [1.165, 1.54) is 43.0 Å². The number of aromatic nitrogens is 2. The molecule has 22 heavy (non-hydrogen) atoms. The third-order valence-corrected chi connectivity index (χ3v) is 6.53. The largest absolute Gasteiger partial charge is 0.349 e. The van der Waals surface area contributed by atoms with Crippen molar-refractivity contribution in [3.05, 3.63) is 59.7 Å². The first-order chi connectivity index (χ1) is 10.7. The third-order valence-electron chi connectivity index (χ3n) is 4.05. The summed E-state index contributed by atoms with van der Waals surface area (Å²) in [7, 11) is 3.57. The zero-order valence-electron chi connectivity index (χ0n) is 12.4. The molecule has 2 nitrogen and oxygen atoms in total. The molecular formula is C18H16N2S2. The van der Waals surface area contributed by atoms with Crippen molar-refractivity contribution < 1.29 is 0 Å². The molecule has 0 aliphatic heterocycles. The van der Waals surface area contributed by atoms with Crippen LogP contribution in [0.15, 0.2) is 58.6 Å². The van der Waals surface area contributed by atoms with Gasteiger partial charge in [-0.1, -0.05) is 36.4 Å². The number of benzene rings is 2. The highest BCUT2D eigenvalue weighted by atomic mass is 33.1. The number of nitrogens with one attached hydrogen (secondary N) is 2. The summed E-state index contributed by atoms with van der Waals surface area (Å²) in [6.07, 6.45) is 0. The highest BCUT2D eigenvalue weighted by Crippen LogP contribution is 2.42. The summed E-state index contributed by atoms with van der Waals surface area (Å²) in [5.74, 6) is 0. The first-order valence-electron chi connectivity index (χ1n) is 7.23. The van der Waals surface area contributed by atoms with Crippen molar-refractivity contribution >= 4 is 43.4 Å². The van der Waals surface area contributed by atoms with Crippen molar-refractivity contribution in [1.82, 2.24) is 9.97 Å². The maximum absolute atomic E-state index is 3.52. The number of aromatic amines is 2. The van der Waals surface area contributed by atoms with Crippen LogP contribution in [0.4, 0.5) is 0 Å². The zero-order chi connectivity index (χ0) is 15.1. The van der Waals surface area contributed by atoms with Crippen LogP contribution in [0, 0.1) is 13.8 Å². The first-order valence-corrected chi connectivity index (χ1v) is 9.38. The summed E-state index contributed by atoms with van der Waals surface area (Å²) in [5, 5.41) is 5.06. The summed E-state index contributed by atoms with van der Waals surface area (Å²) >= 11 is 0. The van der Waals surface area contributed by atoms with Crippen molar-refractivity contribution in [1.29, 1.82) is 0 Å². The maximum atomic E-state index is 3.52. The highest BCUT2D eigenvalue weighted by molar-refractivity contribution is 8.76. The standard InChI is InChI=1S/C18H16N2S2/c1-11-13-7-3-5-9-15(13)19-17(11)21-22-18-12(2)14-8-4-6-10-16(14)20-18/h3-10,19-20H,1-2H3. The van der Waals surface area contributed by atoms with Gasteiger partial charge in [0, 0.05) is 21.8 Å². The SMILES string of the molecule is Cc1c(SSc2[nH]c3ccccc3c2C)[nH]c2ccccc12. The lowest BCUT2D eigenvalue weighted by Crippen LogP contribution is -1.74. The van der Waals surface area contributed by atoms with Crippen LogP contribution in [0.5, 0.6) is 0 Å². The summed E-state index contributed by atoms with van der Waals surface area (Å²) in [5.41, 5.74) is 5.05. The fraction of sp³-hybridized carbons (Fsp3) is 0.111. The van der Waals surface area contributed by atoms with E-state index < -0.39 is 0 Å². The molecule has 0 bridgehead atoms. The van der Waals surface area contributed by atoms with Crippen LogP contribution in [-0.2, 0) is 0 Å². The molecule has 2 aromatic heterocycles. The predicted octanol–water partition coefficient (Wildman–Crippen LogP) is 6.07. The van der Waals surface area contributed by atoms with E-state index in [2.05, 4.69) is 72.3 Å². The smallest absolute Gasteiger partial charge is 0.0873 e. The van der Waals surface area contributed by atoms with Gasteiger partial charge < -0.3 is 9.97 Å². The van der Waals surface area contributed by atoms with Crippen LogP contribution in [0.25, 0.3) is 21.8 Å². The minimum Gasteiger partial charge on any atom is -0.349 e. The average molecular weight is 324 g/mol. The lowest BCUT2D eigenvalue weighted by Gasteiger charge is -2.00. The molecule has 4 heteroatoms. The lowest BCUT2D eigenvalue weighted by molar-refractivity contribution is 1.19. The monoisotopic (exact) mass is 324 g/mol. The van der Waals surface area contributed by atoms with Crippen molar-refractivity contribution in [2.24, 2.45) is 0 Å². The van der Waals surface area contributed by atoms with Crippen molar-refractivity contribution in [3.8, 4) is 0 Å². The number of para-hydroxylation sites is 2. The fourth-order valence-electron chi connectivity index (χ4n) is 2.76. The highest BCUT2D eigenvalue weighted by Gasteiger charge is 2.12. The second kappa shape index (κ2) is 5.45. The zero-order valence-corrected chi connectivity index (χ0v) is 14.1. The number of aryl methyl sites for hydroxylation is 2. The summed E-state index contributed by atoms with van der Waals surface area (Å²) in [6, 6.07) is 16.9. The van der Waals surface area contributed by atoms with E-state index in [0.29, 0.717) is 0 Å². The van der Waals surface area contributed by atoms with E-state index in [4.69, 9.17) is 0 Å². The van der Waals surface area contributed by atoms with Gasteiger partial charge in [0.1, 0.15) is 0 Å². The molecule has 0 saturated carbocycles. The van der Waals surface area contributed by atoms with E-state index >= 15 is 0 Å². The van der Waals surface area contributed by atoms with Crippen LogP contribution in [0.3, 0.4) is 0 Å². The van der Waals surface area contributed by atoms with E-state index in [1.54, 1.807) is 21.6 Å². The Morgan fingerprint density at radius 2 is 1.05 bits per heavy atom. The molecule has 0 unspecified atom stereocenters. The fourth-order valence-corrected chi connectivity index (χ4v) is 5.20. The molecule has 0 saturated heterocycles. The molecule has 2 aromatic carbocycles. The average Bonchev–Trinajstić information content (AvgIpc) is 3.04. The minimum absolute atomic E-state index is 1.21. The molecule has 0 spiro atoms. The van der Waals surface area contributed by atoms with Gasteiger partial charge in [0.2, 0.25) is 0 Å². The van der Waals surface area contributed by atoms with E-state index in [9.17, 15) is 0 Å². The van der Waals surface area contributed by atoms with Gasteiger partial charge >= 0.3 is 0 Å². The van der Waals surface area contributed by atoms with Gasteiger partial charge in [-0.2, -0.15) is 0 Å². The van der Waals surface area contributed by atoms with Crippen molar-refractivity contribution in [2.45, 2.75) is 23.9 Å². The number of hydrogen-bond acceptors (Lipinski definition) is 2. The number of H-pyrrole nitrogens is 2. The Kier molecular flexibility index (Phi) is 3.43. The lowest BCUT2D eigenvalue weighted by atomic mass is 10.2. The van der Waals surface area contributed by atoms with Crippen LogP contribution in [-0.4, -0.2) is 9.97 Å². The van der Waals surface area contributed by atoms with Gasteiger partial charge in [0.05, 0.1) is 10.1 Å². The minimum atomic E-state index is 1.21. The Morgan fingerprint density at radius 1 is 0.636 bits per heavy atom. The predicted molar refractivity (Wildman–Crippen MR) is 97.8 cm³/mol. The van der Waals surface area contributed by atoms with Gasteiger partial charge in [-0.25, -0.2) is 0 Å². The molecule has 4 aromatic rings. The van der Waals surface area contributed by atoms with Crippen LogP contribution in [0.2, 0.25) is 0 Å². The van der Waals surface area contributed by atoms with E-state index in [-0.39, 0.29) is 0 Å². The van der Waals surface area contributed by atoms with Crippen LogP contribution in [0.1, 0.15) is 11.1 Å². The molecule has 4 rings (SSSR count). The second-order valence-electron chi connectivity index (χ2n) is 5.42. The number of hydrogen-bond donors (Lipinski definition) is 2. The molecule has 0 fully saturated rings. The topological polar surface area (TPSA) is 31.6 Å². The number of fused-ring (bicyclic) bond motifs is 2. The molecule has 0 aliphatic rings. The summed E-state index contributed by atoms with van der Waals surface area (Å²) in [6.45, 7) is 4.36. The second-order valence-corrected chi connectivity index (χ2v) is 7.57. The quantitative estimate of drug-likeness (QED) is 0.448. The molecule has 2 heterocycles. The third kappa shape index (κ3) is 2.23. The Labute approximate surface area is 137 Å². The van der Waals surface area contributed by atoms with Gasteiger partial charge in [-0.3, -0.25) is 0 Å². The summed E-state index contributed by atoms with van der Waals surface area (Å²) < 4.78 is 0. The Morgan fingerprint density at radius 3 is 1.45 bits per heavy atom. The maximum Gasteiger partial charge on any atom is 0.0873 e. The normalized spacial score (nSPS) is 11.5. The van der Waals surface area contributed by atoms with E-state index in [0.717, 1.165) is 0 Å². The molecule has 0 atom stereocenters. The Hall–Kier alpha value is -1.78.